The number of para-hydroxylation sites is 1. The molecule has 1 saturated heterocycles. The molecule has 1 aliphatic heterocycles. The third-order valence-corrected chi connectivity index (χ3v) is 4.82. The lowest BCUT2D eigenvalue weighted by Crippen LogP contribution is -2.36. The largest absolute Gasteiger partial charge is 0.496 e. The summed E-state index contributed by atoms with van der Waals surface area (Å²) in [6.45, 7) is 4.54. The molecule has 0 aliphatic carbocycles. The number of anilines is 1. The van der Waals surface area contributed by atoms with Crippen molar-refractivity contribution in [3.63, 3.8) is 0 Å². The molecule has 3 N–H and O–H groups in total. The Labute approximate surface area is 201 Å². The highest BCUT2D eigenvalue weighted by molar-refractivity contribution is 14.0. The first-order valence-corrected chi connectivity index (χ1v) is 10.3. The van der Waals surface area contributed by atoms with E-state index < -0.39 is 0 Å². The van der Waals surface area contributed by atoms with Gasteiger partial charge in [-0.2, -0.15) is 0 Å². The van der Waals surface area contributed by atoms with Crippen LogP contribution in [0.4, 0.5) is 5.69 Å². The zero-order chi connectivity index (χ0) is 21.2. The number of methoxy groups -OCH3 is 1. The number of rotatable bonds is 8. The summed E-state index contributed by atoms with van der Waals surface area (Å²) in [7, 11) is 1.67. The van der Waals surface area contributed by atoms with Crippen molar-refractivity contribution in [1.82, 2.24) is 10.6 Å². The van der Waals surface area contributed by atoms with Crippen LogP contribution < -0.4 is 20.7 Å². The smallest absolute Gasteiger partial charge is 0.253 e. The molecule has 1 unspecified atom stereocenters. The monoisotopic (exact) mass is 538 g/mol. The highest BCUT2D eigenvalue weighted by Crippen LogP contribution is 2.18. The van der Waals surface area contributed by atoms with Crippen molar-refractivity contribution < 1.29 is 14.3 Å². The maximum Gasteiger partial charge on any atom is 0.253 e. The molecule has 1 atom stereocenters. The van der Waals surface area contributed by atoms with Crippen molar-refractivity contribution in [2.24, 2.45) is 4.99 Å². The number of hydrogen-bond acceptors (Lipinski definition) is 4. The molecule has 1 aliphatic rings. The zero-order valence-corrected chi connectivity index (χ0v) is 20.3. The van der Waals surface area contributed by atoms with E-state index in [1.165, 1.54) is 0 Å². The van der Waals surface area contributed by atoms with Gasteiger partial charge in [0.05, 0.1) is 13.7 Å². The number of hydrogen-bond donors (Lipinski definition) is 3. The molecule has 0 radical (unpaired) electrons. The minimum atomic E-state index is -0.341. The van der Waals surface area contributed by atoms with Crippen molar-refractivity contribution >= 4 is 41.5 Å². The summed E-state index contributed by atoms with van der Waals surface area (Å²) >= 11 is 0. The topological polar surface area (TPSA) is 84.0 Å². The number of benzene rings is 2. The van der Waals surface area contributed by atoms with Crippen molar-refractivity contribution in [2.45, 2.75) is 39.0 Å². The van der Waals surface area contributed by atoms with E-state index in [-0.39, 0.29) is 36.0 Å². The second kappa shape index (κ2) is 13.2. The Hall–Kier alpha value is -2.33. The third-order valence-electron chi connectivity index (χ3n) is 4.82. The molecule has 0 spiro atoms. The van der Waals surface area contributed by atoms with Gasteiger partial charge in [-0.15, -0.1) is 24.0 Å². The van der Waals surface area contributed by atoms with Gasteiger partial charge in [-0.05, 0) is 43.5 Å². The summed E-state index contributed by atoms with van der Waals surface area (Å²) in [5.74, 6) is 1.48. The molecular weight excluding hydrogens is 507 g/mol. The molecule has 1 fully saturated rings. The van der Waals surface area contributed by atoms with E-state index in [0.29, 0.717) is 19.7 Å². The fraction of sp³-hybridized carbons (Fsp3) is 0.391. The summed E-state index contributed by atoms with van der Waals surface area (Å²) < 4.78 is 10.8. The van der Waals surface area contributed by atoms with Crippen LogP contribution in [-0.4, -0.2) is 38.2 Å². The highest BCUT2D eigenvalue weighted by Gasteiger charge is 2.23. The van der Waals surface area contributed by atoms with Crippen LogP contribution in [0, 0.1) is 0 Å². The molecule has 0 saturated carbocycles. The first-order valence-electron chi connectivity index (χ1n) is 10.3. The molecule has 0 aromatic heterocycles. The highest BCUT2D eigenvalue weighted by atomic mass is 127. The summed E-state index contributed by atoms with van der Waals surface area (Å²) in [4.78, 5) is 16.9. The van der Waals surface area contributed by atoms with Crippen LogP contribution >= 0.6 is 24.0 Å². The fourth-order valence-corrected chi connectivity index (χ4v) is 3.29. The summed E-state index contributed by atoms with van der Waals surface area (Å²) in [5.41, 5.74) is 2.83. The van der Waals surface area contributed by atoms with Gasteiger partial charge in [-0.3, -0.25) is 4.79 Å². The Morgan fingerprint density at radius 1 is 1.19 bits per heavy atom. The predicted molar refractivity (Wildman–Crippen MR) is 134 cm³/mol. The first kappa shape index (κ1) is 24.9. The lowest BCUT2D eigenvalue weighted by Gasteiger charge is -2.14. The van der Waals surface area contributed by atoms with Crippen LogP contribution in [0.1, 0.15) is 30.9 Å². The van der Waals surface area contributed by atoms with Gasteiger partial charge in [-0.25, -0.2) is 4.99 Å². The van der Waals surface area contributed by atoms with Gasteiger partial charge in [0.2, 0.25) is 0 Å². The molecule has 3 rings (SSSR count). The Morgan fingerprint density at radius 3 is 2.77 bits per heavy atom. The Morgan fingerprint density at radius 2 is 2.03 bits per heavy atom. The maximum atomic E-state index is 12.3. The summed E-state index contributed by atoms with van der Waals surface area (Å²) in [6, 6.07) is 15.6. The van der Waals surface area contributed by atoms with E-state index in [2.05, 4.69) is 20.9 Å². The molecule has 8 heteroatoms. The van der Waals surface area contributed by atoms with Gasteiger partial charge < -0.3 is 25.4 Å². The molecule has 2 aromatic carbocycles. The average molecular weight is 538 g/mol. The molecule has 0 bridgehead atoms. The average Bonchev–Trinajstić information content (AvgIpc) is 3.31. The Balaban J connectivity index is 0.00000341. The molecule has 31 heavy (non-hydrogen) atoms. The lowest BCUT2D eigenvalue weighted by atomic mass is 10.2. The Kier molecular flexibility index (Phi) is 10.6. The van der Waals surface area contributed by atoms with Crippen molar-refractivity contribution in [2.75, 3.05) is 25.6 Å². The van der Waals surface area contributed by atoms with E-state index in [0.717, 1.165) is 47.9 Å². The number of carbonyl (C=O) groups is 1. The SMILES string of the molecule is CCNC(=NCc1cccc(NC(=O)C2CCCO2)c1)NCc1ccccc1OC.I. The second-order valence-corrected chi connectivity index (χ2v) is 7.05. The van der Waals surface area contributed by atoms with E-state index in [1.807, 2.05) is 55.5 Å². The van der Waals surface area contributed by atoms with Crippen LogP contribution in [0.25, 0.3) is 0 Å². The van der Waals surface area contributed by atoms with E-state index in [9.17, 15) is 4.79 Å². The van der Waals surface area contributed by atoms with Crippen LogP contribution in [0.3, 0.4) is 0 Å². The number of guanidine groups is 1. The fourth-order valence-electron chi connectivity index (χ4n) is 3.29. The number of halogens is 1. The van der Waals surface area contributed by atoms with Crippen molar-refractivity contribution in [3.05, 3.63) is 59.7 Å². The van der Waals surface area contributed by atoms with E-state index in [1.54, 1.807) is 7.11 Å². The standard InChI is InChI=1S/C23H30N4O3.HI/c1-3-24-23(26-16-18-9-4-5-11-20(18)29-2)25-15-17-8-6-10-19(14-17)27-22(28)21-12-7-13-30-21;/h4-6,8-11,14,21H,3,7,12-13,15-16H2,1-2H3,(H,27,28)(H2,24,25,26);1H. The minimum absolute atomic E-state index is 0. The predicted octanol–water partition coefficient (Wildman–Crippen LogP) is 3.69. The lowest BCUT2D eigenvalue weighted by molar-refractivity contribution is -0.124. The number of aliphatic imine (C=N–C) groups is 1. The number of nitrogens with zero attached hydrogens (tertiary/aromatic N) is 1. The van der Waals surface area contributed by atoms with Crippen molar-refractivity contribution in [1.29, 1.82) is 0 Å². The van der Waals surface area contributed by atoms with Gasteiger partial charge in [0.25, 0.3) is 5.91 Å². The Bertz CT molecular complexity index is 869. The van der Waals surface area contributed by atoms with Crippen LogP contribution in [0.2, 0.25) is 0 Å². The van der Waals surface area contributed by atoms with Gasteiger partial charge >= 0.3 is 0 Å². The van der Waals surface area contributed by atoms with Crippen LogP contribution in [0.15, 0.2) is 53.5 Å². The normalized spacial score (nSPS) is 15.7. The van der Waals surface area contributed by atoms with E-state index >= 15 is 0 Å². The van der Waals surface area contributed by atoms with Crippen LogP contribution in [-0.2, 0) is 22.6 Å². The summed E-state index contributed by atoms with van der Waals surface area (Å²) in [6.07, 6.45) is 1.37. The maximum absolute atomic E-state index is 12.3. The molecule has 1 amide bonds. The van der Waals surface area contributed by atoms with Gasteiger partial charge in [-0.1, -0.05) is 30.3 Å². The van der Waals surface area contributed by atoms with Crippen LogP contribution in [0.5, 0.6) is 5.75 Å². The molecule has 2 aromatic rings. The van der Waals surface area contributed by atoms with Gasteiger partial charge in [0, 0.05) is 30.9 Å². The number of ether oxygens (including phenoxy) is 2. The van der Waals surface area contributed by atoms with Crippen molar-refractivity contribution in [3.8, 4) is 5.75 Å². The minimum Gasteiger partial charge on any atom is -0.496 e. The number of nitrogens with one attached hydrogen (secondary N) is 3. The quantitative estimate of drug-likeness (QED) is 0.272. The number of amides is 1. The number of carbonyl (C=O) groups excluding carboxylic acids is 1. The van der Waals surface area contributed by atoms with E-state index in [4.69, 9.17) is 9.47 Å². The third kappa shape index (κ3) is 7.70. The second-order valence-electron chi connectivity index (χ2n) is 7.05. The first-order chi connectivity index (χ1) is 14.7. The zero-order valence-electron chi connectivity index (χ0n) is 18.0. The molecule has 168 valence electrons. The van der Waals surface area contributed by atoms with Gasteiger partial charge in [0.15, 0.2) is 5.96 Å². The molecule has 7 nitrogen and oxygen atoms in total. The molecular formula is C23H31IN4O3. The molecule has 1 heterocycles. The summed E-state index contributed by atoms with van der Waals surface area (Å²) in [5, 5.41) is 9.53. The van der Waals surface area contributed by atoms with Gasteiger partial charge in [0.1, 0.15) is 11.9 Å².